The molecule has 4 heteroatoms. The summed E-state index contributed by atoms with van der Waals surface area (Å²) in [7, 11) is 0. The van der Waals surface area contributed by atoms with Crippen LogP contribution in [0.4, 0.5) is 0 Å². The Bertz CT molecular complexity index is 796. The van der Waals surface area contributed by atoms with Gasteiger partial charge in [-0.3, -0.25) is 9.69 Å². The number of fused-ring (bicyclic) bond motifs is 2. The number of amides is 1. The SMILES string of the molecule is O=C(N1CCc2sccc2C1)C1(N2CCCCC2)Cc2ccccc2C1. The molecule has 0 radical (unpaired) electrons. The molecule has 3 heterocycles. The van der Waals surface area contributed by atoms with Crippen LogP contribution in [-0.2, 0) is 30.6 Å². The van der Waals surface area contributed by atoms with Crippen LogP contribution in [0.5, 0.6) is 0 Å². The number of likely N-dealkylation sites (tertiary alicyclic amines) is 1. The molecule has 136 valence electrons. The highest BCUT2D eigenvalue weighted by molar-refractivity contribution is 7.10. The van der Waals surface area contributed by atoms with E-state index in [-0.39, 0.29) is 5.54 Å². The van der Waals surface area contributed by atoms with Crippen LogP contribution in [0, 0.1) is 0 Å². The van der Waals surface area contributed by atoms with E-state index >= 15 is 0 Å². The van der Waals surface area contributed by atoms with Crippen LogP contribution < -0.4 is 0 Å². The minimum Gasteiger partial charge on any atom is -0.336 e. The zero-order valence-electron chi connectivity index (χ0n) is 15.2. The topological polar surface area (TPSA) is 23.6 Å². The maximum Gasteiger partial charge on any atom is 0.244 e. The zero-order chi connectivity index (χ0) is 17.6. The second-order valence-corrected chi connectivity index (χ2v) is 9.05. The zero-order valence-corrected chi connectivity index (χ0v) is 16.1. The Kier molecular flexibility index (Phi) is 4.13. The second-order valence-electron chi connectivity index (χ2n) is 8.05. The maximum atomic E-state index is 13.9. The smallest absolute Gasteiger partial charge is 0.244 e. The lowest BCUT2D eigenvalue weighted by Crippen LogP contribution is -2.62. The van der Waals surface area contributed by atoms with Crippen molar-refractivity contribution in [3.05, 3.63) is 57.3 Å². The molecule has 3 nitrogen and oxygen atoms in total. The van der Waals surface area contributed by atoms with Gasteiger partial charge in [0.05, 0.1) is 0 Å². The van der Waals surface area contributed by atoms with Crippen molar-refractivity contribution in [3.8, 4) is 0 Å². The molecule has 0 atom stereocenters. The van der Waals surface area contributed by atoms with Crippen LogP contribution in [0.2, 0.25) is 0 Å². The summed E-state index contributed by atoms with van der Waals surface area (Å²) in [5, 5.41) is 2.17. The Morgan fingerprint density at radius 1 is 0.923 bits per heavy atom. The van der Waals surface area contributed by atoms with E-state index in [0.717, 1.165) is 45.4 Å². The molecule has 2 aromatic rings. The minimum absolute atomic E-state index is 0.350. The summed E-state index contributed by atoms with van der Waals surface area (Å²) in [6, 6.07) is 10.9. The number of piperidine rings is 1. The van der Waals surface area contributed by atoms with Crippen molar-refractivity contribution in [2.24, 2.45) is 0 Å². The van der Waals surface area contributed by atoms with Gasteiger partial charge in [-0.05, 0) is 60.5 Å². The van der Waals surface area contributed by atoms with Gasteiger partial charge in [-0.2, -0.15) is 0 Å². The summed E-state index contributed by atoms with van der Waals surface area (Å²) >= 11 is 1.84. The Labute approximate surface area is 159 Å². The average molecular weight is 367 g/mol. The molecule has 1 amide bonds. The number of thiophene rings is 1. The lowest BCUT2D eigenvalue weighted by atomic mass is 9.88. The molecule has 5 rings (SSSR count). The van der Waals surface area contributed by atoms with E-state index in [4.69, 9.17) is 0 Å². The van der Waals surface area contributed by atoms with Crippen LogP contribution in [0.15, 0.2) is 35.7 Å². The van der Waals surface area contributed by atoms with Crippen LogP contribution >= 0.6 is 11.3 Å². The number of hydrogen-bond donors (Lipinski definition) is 0. The Morgan fingerprint density at radius 2 is 1.65 bits per heavy atom. The molecule has 0 unspecified atom stereocenters. The van der Waals surface area contributed by atoms with Crippen LogP contribution in [0.1, 0.15) is 40.8 Å². The van der Waals surface area contributed by atoms with Crippen molar-refractivity contribution in [1.29, 1.82) is 0 Å². The fourth-order valence-corrected chi connectivity index (χ4v) is 6.03. The summed E-state index contributed by atoms with van der Waals surface area (Å²) in [4.78, 5) is 20.1. The van der Waals surface area contributed by atoms with Crippen LogP contribution in [-0.4, -0.2) is 40.9 Å². The van der Waals surface area contributed by atoms with E-state index in [1.807, 2.05) is 11.3 Å². The van der Waals surface area contributed by atoms with Gasteiger partial charge in [-0.1, -0.05) is 30.7 Å². The fraction of sp³-hybridized carbons (Fsp3) is 0.500. The largest absolute Gasteiger partial charge is 0.336 e. The van der Waals surface area contributed by atoms with Crippen LogP contribution in [0.3, 0.4) is 0 Å². The molecule has 1 aromatic carbocycles. The number of rotatable bonds is 2. The summed E-state index contributed by atoms with van der Waals surface area (Å²) in [6.07, 6.45) is 6.53. The van der Waals surface area contributed by atoms with Crippen LogP contribution in [0.25, 0.3) is 0 Å². The third-order valence-corrected chi connectivity index (χ3v) is 7.56. The second kappa shape index (κ2) is 6.50. The highest BCUT2D eigenvalue weighted by Crippen LogP contribution is 2.39. The number of benzene rings is 1. The minimum atomic E-state index is -0.350. The number of hydrogen-bond acceptors (Lipinski definition) is 3. The molecule has 1 fully saturated rings. The van der Waals surface area contributed by atoms with E-state index < -0.39 is 0 Å². The third kappa shape index (κ3) is 2.62. The highest BCUT2D eigenvalue weighted by Gasteiger charge is 2.50. The first kappa shape index (κ1) is 16.5. The molecule has 0 N–H and O–H groups in total. The summed E-state index contributed by atoms with van der Waals surface area (Å²) in [5.74, 6) is 0.368. The van der Waals surface area contributed by atoms with E-state index in [1.165, 1.54) is 40.8 Å². The predicted molar refractivity (Wildman–Crippen MR) is 105 cm³/mol. The lowest BCUT2D eigenvalue weighted by molar-refractivity contribution is -0.146. The van der Waals surface area contributed by atoms with Gasteiger partial charge in [0.1, 0.15) is 5.54 Å². The molecular formula is C22H26N2OS. The molecule has 26 heavy (non-hydrogen) atoms. The van der Waals surface area contributed by atoms with Crippen molar-refractivity contribution in [2.75, 3.05) is 19.6 Å². The lowest BCUT2D eigenvalue weighted by Gasteiger charge is -2.45. The van der Waals surface area contributed by atoms with E-state index in [0.29, 0.717) is 5.91 Å². The van der Waals surface area contributed by atoms with Gasteiger partial charge in [0.25, 0.3) is 0 Å². The van der Waals surface area contributed by atoms with Gasteiger partial charge in [-0.15, -0.1) is 11.3 Å². The predicted octanol–water partition coefficient (Wildman–Crippen LogP) is 3.66. The quantitative estimate of drug-likeness (QED) is 0.810. The first-order valence-electron chi connectivity index (χ1n) is 9.93. The summed E-state index contributed by atoms with van der Waals surface area (Å²) in [6.45, 7) is 3.80. The number of nitrogens with zero attached hydrogens (tertiary/aromatic N) is 2. The van der Waals surface area contributed by atoms with Crippen molar-refractivity contribution in [3.63, 3.8) is 0 Å². The standard InChI is InChI=1S/C22H26N2OS/c25-21(23-12-8-20-19(16-23)9-13-26-20)22(24-10-4-1-5-11-24)14-17-6-2-3-7-18(17)15-22/h2-3,6-7,9,13H,1,4-5,8,10-12,14-16H2. The monoisotopic (exact) mass is 366 g/mol. The van der Waals surface area contributed by atoms with Gasteiger partial charge in [0, 0.05) is 30.8 Å². The van der Waals surface area contributed by atoms with Crippen molar-refractivity contribution >= 4 is 17.2 Å². The van der Waals surface area contributed by atoms with E-state index in [9.17, 15) is 4.79 Å². The van der Waals surface area contributed by atoms with Crippen molar-refractivity contribution in [1.82, 2.24) is 9.80 Å². The molecule has 1 aliphatic carbocycles. The third-order valence-electron chi connectivity index (χ3n) is 6.54. The Balaban J connectivity index is 1.48. The molecule has 0 saturated carbocycles. The first-order valence-corrected chi connectivity index (χ1v) is 10.8. The molecule has 0 bridgehead atoms. The van der Waals surface area contributed by atoms with Gasteiger partial charge in [0.15, 0.2) is 0 Å². The Hall–Kier alpha value is -1.65. The molecule has 3 aliphatic rings. The number of carbonyl (C=O) groups excluding carboxylic acids is 1. The summed E-state index contributed by atoms with van der Waals surface area (Å²) in [5.41, 5.74) is 3.76. The first-order chi connectivity index (χ1) is 12.8. The van der Waals surface area contributed by atoms with Crippen molar-refractivity contribution < 1.29 is 4.79 Å². The fourth-order valence-electron chi connectivity index (χ4n) is 5.14. The van der Waals surface area contributed by atoms with Gasteiger partial charge >= 0.3 is 0 Å². The average Bonchev–Trinajstić information content (AvgIpc) is 3.32. The normalized spacial score (nSPS) is 22.1. The molecule has 2 aliphatic heterocycles. The van der Waals surface area contributed by atoms with Gasteiger partial charge in [-0.25, -0.2) is 0 Å². The van der Waals surface area contributed by atoms with Gasteiger partial charge in [0.2, 0.25) is 5.91 Å². The molecule has 0 spiro atoms. The van der Waals surface area contributed by atoms with Crippen molar-refractivity contribution in [2.45, 2.75) is 50.6 Å². The molecule has 1 aromatic heterocycles. The van der Waals surface area contributed by atoms with E-state index in [1.54, 1.807) is 0 Å². The molecular weight excluding hydrogens is 340 g/mol. The van der Waals surface area contributed by atoms with E-state index in [2.05, 4.69) is 45.5 Å². The van der Waals surface area contributed by atoms with Gasteiger partial charge < -0.3 is 4.90 Å². The number of carbonyl (C=O) groups is 1. The molecule has 1 saturated heterocycles. The maximum absolute atomic E-state index is 13.9. The Morgan fingerprint density at radius 3 is 2.38 bits per heavy atom. The highest BCUT2D eigenvalue weighted by atomic mass is 32.1. The summed E-state index contributed by atoms with van der Waals surface area (Å²) < 4.78 is 0.